The first kappa shape index (κ1) is 10.2. The Bertz CT molecular complexity index is 167. The minimum atomic E-state index is -5.19. The van der Waals surface area contributed by atoms with E-state index in [1.807, 2.05) is 0 Å². The number of alkyl halides is 4. The van der Waals surface area contributed by atoms with Crippen molar-refractivity contribution in [1.82, 2.24) is 0 Å². The van der Waals surface area contributed by atoms with Gasteiger partial charge in [0.15, 0.2) is 0 Å². The van der Waals surface area contributed by atoms with Crippen molar-refractivity contribution in [3.05, 3.63) is 0 Å². The van der Waals surface area contributed by atoms with E-state index >= 15 is 0 Å². The molecule has 0 radical (unpaired) electrons. The summed E-state index contributed by atoms with van der Waals surface area (Å²) in [5.41, 5.74) is 0. The van der Waals surface area contributed by atoms with Crippen LogP contribution in [-0.2, 0) is 9.53 Å². The Morgan fingerprint density at radius 2 is 1.73 bits per heavy atom. The summed E-state index contributed by atoms with van der Waals surface area (Å²) in [6.07, 6.45) is -4.97. The van der Waals surface area contributed by atoms with E-state index in [4.69, 9.17) is 5.11 Å². The molecule has 0 spiro atoms. The van der Waals surface area contributed by atoms with Crippen LogP contribution in [0.2, 0.25) is 0 Å². The second-order valence-electron chi connectivity index (χ2n) is 1.60. The fourth-order valence-electron chi connectivity index (χ4n) is 0.253. The Kier molecular flexibility index (Phi) is 2.44. The maximum Gasteiger partial charge on any atom is 0.431 e. The van der Waals surface area contributed by atoms with Gasteiger partial charge in [-0.25, -0.2) is 4.79 Å². The molecule has 0 aliphatic carbocycles. The molecule has 0 heterocycles. The van der Waals surface area contributed by atoms with Crippen LogP contribution in [0.25, 0.3) is 0 Å². The molecule has 66 valence electrons. The summed E-state index contributed by atoms with van der Waals surface area (Å²) in [4.78, 5) is 9.52. The Morgan fingerprint density at radius 3 is 1.82 bits per heavy atom. The number of carbonyl (C=O) groups is 1. The highest BCUT2D eigenvalue weighted by Crippen LogP contribution is 2.34. The minimum absolute atomic E-state index is 0.289. The van der Waals surface area contributed by atoms with Gasteiger partial charge in [0.1, 0.15) is 0 Å². The van der Waals surface area contributed by atoms with Crippen LogP contribution in [0.5, 0.6) is 0 Å². The molecule has 0 aliphatic heterocycles. The Hall–Kier alpha value is -0.850. The minimum Gasteiger partial charge on any atom is -0.477 e. The van der Waals surface area contributed by atoms with Crippen molar-refractivity contribution in [3.63, 3.8) is 0 Å². The van der Waals surface area contributed by atoms with Crippen LogP contribution >= 0.6 is 0 Å². The highest BCUT2D eigenvalue weighted by molar-refractivity contribution is 5.76. The largest absolute Gasteiger partial charge is 0.477 e. The Balaban J connectivity index is 4.67. The third-order valence-corrected chi connectivity index (χ3v) is 0.890. The molecule has 1 N–H and O–H groups in total. The lowest BCUT2D eigenvalue weighted by Crippen LogP contribution is -2.48. The van der Waals surface area contributed by atoms with Crippen molar-refractivity contribution in [3.8, 4) is 0 Å². The molecule has 11 heavy (non-hydrogen) atoms. The predicted molar refractivity (Wildman–Crippen MR) is 24.5 cm³/mol. The van der Waals surface area contributed by atoms with E-state index in [9.17, 15) is 22.4 Å². The van der Waals surface area contributed by atoms with Crippen LogP contribution in [0.3, 0.4) is 0 Å². The highest BCUT2D eigenvalue weighted by atomic mass is 19.3. The molecule has 0 aromatic rings. The van der Waals surface area contributed by atoms with Crippen molar-refractivity contribution in [2.24, 2.45) is 0 Å². The zero-order chi connectivity index (χ0) is 9.28. The van der Waals surface area contributed by atoms with Gasteiger partial charge in [0.2, 0.25) is 0 Å². The number of halogens is 4. The van der Waals surface area contributed by atoms with E-state index in [2.05, 4.69) is 4.74 Å². The molecule has 0 fully saturated rings. The van der Waals surface area contributed by atoms with Gasteiger partial charge in [-0.1, -0.05) is 0 Å². The average Bonchev–Trinajstić information content (AvgIpc) is 1.87. The van der Waals surface area contributed by atoms with Crippen LogP contribution < -0.4 is 0 Å². The molecule has 0 aromatic carbocycles. The molecule has 0 rings (SSSR count). The topological polar surface area (TPSA) is 46.5 Å². The number of methoxy groups -OCH3 is 1. The van der Waals surface area contributed by atoms with Gasteiger partial charge < -0.3 is 9.84 Å². The summed E-state index contributed by atoms with van der Waals surface area (Å²) in [6, 6.07) is 0. The Labute approximate surface area is 58.6 Å². The maximum absolute atomic E-state index is 11.8. The van der Waals surface area contributed by atoms with Gasteiger partial charge in [-0.2, -0.15) is 17.6 Å². The predicted octanol–water partition coefficient (Wildman–Crippen LogP) is 0.946. The molecule has 0 amide bonds. The summed E-state index contributed by atoms with van der Waals surface area (Å²) >= 11 is 0. The van der Waals surface area contributed by atoms with E-state index in [1.54, 1.807) is 0 Å². The Morgan fingerprint density at radius 1 is 1.36 bits per heavy atom. The van der Waals surface area contributed by atoms with Crippen molar-refractivity contribution in [1.29, 1.82) is 0 Å². The molecule has 0 aliphatic rings. The zero-order valence-corrected chi connectivity index (χ0v) is 5.28. The van der Waals surface area contributed by atoms with E-state index in [0.29, 0.717) is 0 Å². The van der Waals surface area contributed by atoms with Crippen LogP contribution in [0.4, 0.5) is 17.6 Å². The first-order chi connectivity index (χ1) is 4.75. The number of hydrogen-bond acceptors (Lipinski definition) is 2. The van der Waals surface area contributed by atoms with E-state index in [-0.39, 0.29) is 7.11 Å². The van der Waals surface area contributed by atoms with Crippen molar-refractivity contribution in [2.75, 3.05) is 7.11 Å². The molecule has 3 nitrogen and oxygen atoms in total. The van der Waals surface area contributed by atoms with Crippen LogP contribution in [-0.4, -0.2) is 30.2 Å². The number of ether oxygens (including phenoxy) is 1. The fourth-order valence-corrected chi connectivity index (χ4v) is 0.253. The second-order valence-corrected chi connectivity index (χ2v) is 1.60. The van der Waals surface area contributed by atoms with Crippen LogP contribution in [0.1, 0.15) is 0 Å². The van der Waals surface area contributed by atoms with Crippen LogP contribution in [0.15, 0.2) is 0 Å². The summed E-state index contributed by atoms with van der Waals surface area (Å²) in [5, 5.41) is 7.60. The zero-order valence-electron chi connectivity index (χ0n) is 5.28. The van der Waals surface area contributed by atoms with E-state index < -0.39 is 18.0 Å². The summed E-state index contributed by atoms with van der Waals surface area (Å²) in [6.45, 7) is 0. The number of carboxylic acids is 1. The second kappa shape index (κ2) is 2.65. The molecule has 0 atom stereocenters. The lowest BCUT2D eigenvalue weighted by Gasteiger charge is -2.20. The average molecular weight is 176 g/mol. The van der Waals surface area contributed by atoms with Gasteiger partial charge in [0, 0.05) is 7.11 Å². The summed E-state index contributed by atoms with van der Waals surface area (Å²) < 4.78 is 50.4. The normalized spacial score (nSPS) is 13.2. The van der Waals surface area contributed by atoms with E-state index in [0.717, 1.165) is 0 Å². The standard InChI is InChI=1S/C4H4F4O3/c1-11-4(7,8)3(5,6)2(9)10/h1H3,(H,9,10). The van der Waals surface area contributed by atoms with E-state index in [1.165, 1.54) is 0 Å². The molecule has 0 bridgehead atoms. The van der Waals surface area contributed by atoms with Crippen LogP contribution in [0, 0.1) is 0 Å². The van der Waals surface area contributed by atoms with Gasteiger partial charge in [-0.3, -0.25) is 0 Å². The molecule has 7 heteroatoms. The first-order valence-corrected chi connectivity index (χ1v) is 2.30. The molecular weight excluding hydrogens is 172 g/mol. The third-order valence-electron chi connectivity index (χ3n) is 0.890. The molecule has 0 saturated heterocycles. The fraction of sp³-hybridized carbons (Fsp3) is 0.750. The smallest absolute Gasteiger partial charge is 0.431 e. The SMILES string of the molecule is COC(F)(F)C(F)(F)C(=O)O. The lowest BCUT2D eigenvalue weighted by molar-refractivity contribution is -0.328. The van der Waals surface area contributed by atoms with Crippen molar-refractivity contribution >= 4 is 5.97 Å². The van der Waals surface area contributed by atoms with Gasteiger partial charge in [0.25, 0.3) is 0 Å². The number of hydrogen-bond donors (Lipinski definition) is 1. The molecule has 0 unspecified atom stereocenters. The number of aliphatic carboxylic acids is 1. The molecule has 0 saturated carbocycles. The van der Waals surface area contributed by atoms with Gasteiger partial charge in [-0.15, -0.1) is 0 Å². The van der Waals surface area contributed by atoms with Gasteiger partial charge in [-0.05, 0) is 0 Å². The summed E-state index contributed by atoms with van der Waals surface area (Å²) in [5.74, 6) is -8.12. The van der Waals surface area contributed by atoms with Crippen molar-refractivity contribution < 1.29 is 32.2 Å². The maximum atomic E-state index is 11.8. The lowest BCUT2D eigenvalue weighted by atomic mass is 10.3. The third kappa shape index (κ3) is 1.59. The monoisotopic (exact) mass is 176 g/mol. The molecular formula is C4H4F4O3. The van der Waals surface area contributed by atoms with Gasteiger partial charge >= 0.3 is 18.0 Å². The highest BCUT2D eigenvalue weighted by Gasteiger charge is 2.63. The number of carboxylic acid groups (broad SMARTS) is 1. The first-order valence-electron chi connectivity index (χ1n) is 2.30. The van der Waals surface area contributed by atoms with Gasteiger partial charge in [0.05, 0.1) is 0 Å². The quantitative estimate of drug-likeness (QED) is 0.651. The molecule has 0 aromatic heterocycles. The summed E-state index contributed by atoms with van der Waals surface area (Å²) in [7, 11) is 0.289. The number of rotatable bonds is 3. The van der Waals surface area contributed by atoms with Crippen molar-refractivity contribution in [2.45, 2.75) is 12.0 Å².